The molecule has 3 nitrogen and oxygen atoms in total. The van der Waals surface area contributed by atoms with Gasteiger partial charge in [0.2, 0.25) is 0 Å². The lowest BCUT2D eigenvalue weighted by Crippen LogP contribution is -1.98. The van der Waals surface area contributed by atoms with Crippen LogP contribution in [0.15, 0.2) is 24.3 Å². The number of aryl methyl sites for hydroxylation is 1. The van der Waals surface area contributed by atoms with Gasteiger partial charge in [-0.3, -0.25) is 0 Å². The van der Waals surface area contributed by atoms with Crippen molar-refractivity contribution in [3.05, 3.63) is 29.8 Å². The molecule has 1 unspecified atom stereocenters. The Kier molecular flexibility index (Phi) is 4.57. The summed E-state index contributed by atoms with van der Waals surface area (Å²) in [5.41, 5.74) is 1.19. The van der Waals surface area contributed by atoms with Gasteiger partial charge < -0.3 is 4.74 Å². The van der Waals surface area contributed by atoms with Gasteiger partial charge in [-0.15, -0.1) is 0 Å². The van der Waals surface area contributed by atoms with Crippen molar-refractivity contribution < 1.29 is 14.2 Å². The number of rotatable bonds is 5. The number of hydrogen-bond donors (Lipinski definition) is 1. The average Bonchev–Trinajstić information content (AvgIpc) is 2.15. The molecule has 14 heavy (non-hydrogen) atoms. The third kappa shape index (κ3) is 4.35. The van der Waals surface area contributed by atoms with E-state index in [9.17, 15) is 4.57 Å². The lowest BCUT2D eigenvalue weighted by molar-refractivity contribution is 0.316. The Morgan fingerprint density at radius 1 is 1.36 bits per heavy atom. The highest BCUT2D eigenvalue weighted by Gasteiger charge is 2.08. The van der Waals surface area contributed by atoms with E-state index in [2.05, 4.69) is 0 Å². The second-order valence-electron chi connectivity index (χ2n) is 3.09. The van der Waals surface area contributed by atoms with Crippen molar-refractivity contribution >= 4 is 8.03 Å². The Labute approximate surface area is 84.6 Å². The molecule has 0 bridgehead atoms. The molecule has 0 aliphatic rings. The first-order valence-electron chi connectivity index (χ1n) is 4.51. The monoisotopic (exact) mass is 213 g/mol. The van der Waals surface area contributed by atoms with Crippen molar-refractivity contribution in [2.24, 2.45) is 0 Å². The van der Waals surface area contributed by atoms with E-state index in [-0.39, 0.29) is 0 Å². The zero-order valence-electron chi connectivity index (χ0n) is 8.14. The van der Waals surface area contributed by atoms with Crippen LogP contribution in [0.2, 0.25) is 0 Å². The van der Waals surface area contributed by atoms with Crippen molar-refractivity contribution in [2.75, 3.05) is 12.8 Å². The molecule has 4 heteroatoms. The molecule has 0 fully saturated rings. The van der Waals surface area contributed by atoms with Gasteiger partial charge in [-0.05, 0) is 23.6 Å². The first-order valence-corrected chi connectivity index (χ1v) is 5.91. The minimum absolute atomic E-state index is 0.307. The predicted molar refractivity (Wildman–Crippen MR) is 56.0 cm³/mol. The fourth-order valence-electron chi connectivity index (χ4n) is 1.02. The molecule has 0 heterocycles. The summed E-state index contributed by atoms with van der Waals surface area (Å²) in [6.07, 6.45) is 0.917. The second kappa shape index (κ2) is 5.74. The molecule has 1 rings (SSSR count). The van der Waals surface area contributed by atoms with Crippen LogP contribution in [-0.2, 0) is 4.57 Å². The quantitative estimate of drug-likeness (QED) is 0.603. The zero-order valence-corrected chi connectivity index (χ0v) is 9.04. The molecule has 0 aliphatic carbocycles. The summed E-state index contributed by atoms with van der Waals surface area (Å²) in [5.74, 6) is 0.809. The van der Waals surface area contributed by atoms with E-state index in [0.29, 0.717) is 19.2 Å². The molecule has 0 spiro atoms. The molecule has 0 aliphatic heterocycles. The van der Waals surface area contributed by atoms with Crippen molar-refractivity contribution in [1.29, 1.82) is 0 Å². The van der Waals surface area contributed by atoms with Gasteiger partial charge in [-0.1, -0.05) is 17.7 Å². The lowest BCUT2D eigenvalue weighted by Gasteiger charge is -2.03. The third-order valence-corrected chi connectivity index (χ3v) is 2.48. The van der Waals surface area contributed by atoms with Crippen LogP contribution in [0.1, 0.15) is 12.0 Å². The van der Waals surface area contributed by atoms with Crippen molar-refractivity contribution in [1.82, 2.24) is 0 Å². The summed E-state index contributed by atoms with van der Waals surface area (Å²) < 4.78 is 15.7. The Morgan fingerprint density at radius 3 is 2.57 bits per heavy atom. The molecule has 0 aromatic heterocycles. The molecule has 76 valence electrons. The largest absolute Gasteiger partial charge is 0.505 e. The highest BCUT2D eigenvalue weighted by molar-refractivity contribution is 7.37. The van der Waals surface area contributed by atoms with Gasteiger partial charge in [0.1, 0.15) is 5.75 Å². The predicted octanol–water partition coefficient (Wildman–Crippen LogP) is 2.50. The fourth-order valence-corrected chi connectivity index (χ4v) is 1.42. The summed E-state index contributed by atoms with van der Waals surface area (Å²) in [4.78, 5) is 8.54. The third-order valence-electron chi connectivity index (χ3n) is 1.78. The van der Waals surface area contributed by atoms with Crippen molar-refractivity contribution in [3.8, 4) is 5.75 Å². The van der Waals surface area contributed by atoms with Crippen LogP contribution in [0.3, 0.4) is 0 Å². The van der Waals surface area contributed by atoms with Gasteiger partial charge in [0.15, 0.2) is 6.16 Å². The summed E-state index contributed by atoms with van der Waals surface area (Å²) in [5, 5.41) is 0. The fraction of sp³-hybridized carbons (Fsp3) is 0.400. The van der Waals surface area contributed by atoms with E-state index in [1.54, 1.807) is 0 Å². The minimum Gasteiger partial charge on any atom is -0.493 e. The summed E-state index contributed by atoms with van der Waals surface area (Å²) in [7, 11) is -2.02. The van der Waals surface area contributed by atoms with E-state index >= 15 is 0 Å². The Balaban J connectivity index is 2.25. The molecule has 0 saturated carbocycles. The maximum absolute atomic E-state index is 10.3. The van der Waals surface area contributed by atoms with Crippen LogP contribution in [0.4, 0.5) is 0 Å². The minimum atomic E-state index is -2.02. The maximum Gasteiger partial charge on any atom is 0.505 e. The first kappa shape index (κ1) is 11.2. The van der Waals surface area contributed by atoms with Gasteiger partial charge >= 0.3 is 8.03 Å². The van der Waals surface area contributed by atoms with E-state index < -0.39 is 8.03 Å². The van der Waals surface area contributed by atoms with Crippen molar-refractivity contribution in [3.63, 3.8) is 0 Å². The maximum atomic E-state index is 10.3. The van der Waals surface area contributed by atoms with Gasteiger partial charge in [-0.2, -0.15) is 4.89 Å². The molecular weight excluding hydrogens is 199 g/mol. The molecular formula is C10H14O3P+. The number of ether oxygens (including phenoxy) is 1. The van der Waals surface area contributed by atoms with E-state index in [4.69, 9.17) is 9.63 Å². The van der Waals surface area contributed by atoms with Gasteiger partial charge in [0.25, 0.3) is 0 Å². The van der Waals surface area contributed by atoms with Crippen LogP contribution in [0.25, 0.3) is 0 Å². The lowest BCUT2D eigenvalue weighted by atomic mass is 10.2. The Hall–Kier alpha value is -0.920. The van der Waals surface area contributed by atoms with Crippen LogP contribution in [0, 0.1) is 6.92 Å². The molecule has 0 amide bonds. The molecule has 0 saturated heterocycles. The number of benzene rings is 1. The molecule has 1 aromatic rings. The Bertz CT molecular complexity index is 295. The normalized spacial score (nSPS) is 11.1. The molecule has 1 aromatic carbocycles. The van der Waals surface area contributed by atoms with Gasteiger partial charge in [0, 0.05) is 6.42 Å². The van der Waals surface area contributed by atoms with E-state index in [0.717, 1.165) is 5.75 Å². The highest BCUT2D eigenvalue weighted by atomic mass is 31.1. The smallest absolute Gasteiger partial charge is 0.493 e. The molecule has 1 N–H and O–H groups in total. The summed E-state index contributed by atoms with van der Waals surface area (Å²) >= 11 is 0. The molecule has 0 radical (unpaired) electrons. The first-order chi connectivity index (χ1) is 6.68. The standard InChI is InChI=1S/C10H13O3P/c1-9-3-5-10(6-4-9)13-7-2-8-14(11)12/h3-6H,2,7-8H2,1H3/p+1. The number of hydrogen-bond acceptors (Lipinski definition) is 2. The van der Waals surface area contributed by atoms with E-state index in [1.165, 1.54) is 5.56 Å². The summed E-state index contributed by atoms with van der Waals surface area (Å²) in [6, 6.07) is 7.74. The Morgan fingerprint density at radius 2 is 2.00 bits per heavy atom. The van der Waals surface area contributed by atoms with Gasteiger partial charge in [0.05, 0.1) is 6.61 Å². The topological polar surface area (TPSA) is 46.5 Å². The van der Waals surface area contributed by atoms with Crippen LogP contribution < -0.4 is 4.74 Å². The second-order valence-corrected chi connectivity index (χ2v) is 4.24. The van der Waals surface area contributed by atoms with Crippen molar-refractivity contribution in [2.45, 2.75) is 13.3 Å². The zero-order chi connectivity index (χ0) is 10.4. The van der Waals surface area contributed by atoms with Crippen LogP contribution >= 0.6 is 8.03 Å². The molecule has 1 atom stereocenters. The van der Waals surface area contributed by atoms with E-state index in [1.807, 2.05) is 31.2 Å². The highest BCUT2D eigenvalue weighted by Crippen LogP contribution is 2.15. The van der Waals surface area contributed by atoms with Crippen LogP contribution in [-0.4, -0.2) is 17.7 Å². The SMILES string of the molecule is Cc1ccc(OCCC[P+](=O)O)cc1. The van der Waals surface area contributed by atoms with Crippen LogP contribution in [0.5, 0.6) is 5.75 Å². The average molecular weight is 213 g/mol. The van der Waals surface area contributed by atoms with Gasteiger partial charge in [-0.25, -0.2) is 0 Å². The summed E-state index contributed by atoms with van der Waals surface area (Å²) in [6.45, 7) is 2.50.